The van der Waals surface area contributed by atoms with Gasteiger partial charge in [-0.15, -0.1) is 0 Å². The molecule has 24 heavy (non-hydrogen) atoms. The Kier molecular flexibility index (Phi) is 4.35. The maximum atomic E-state index is 12.1. The molecule has 130 valence electrons. The molecule has 1 aliphatic rings. The van der Waals surface area contributed by atoms with Gasteiger partial charge < -0.3 is 14.9 Å². The number of H-pyrrole nitrogens is 1. The van der Waals surface area contributed by atoms with Gasteiger partial charge in [-0.05, 0) is 0 Å². The van der Waals surface area contributed by atoms with Crippen LogP contribution in [0.4, 0.5) is 5.95 Å². The maximum absolute atomic E-state index is 12.1. The fraction of sp³-hybridized carbons (Fsp3) is 0.571. The largest absolute Gasteiger partial charge is 0.394 e. The number of imidazole rings is 1. The molecule has 10 nitrogen and oxygen atoms in total. The van der Waals surface area contributed by atoms with Crippen LogP contribution in [0.2, 0.25) is 0 Å². The number of hydrogen-bond acceptors (Lipinski definition) is 7. The average molecular weight is 337 g/mol. The van der Waals surface area contributed by atoms with Crippen LogP contribution in [0, 0.1) is 5.92 Å². The topological polar surface area (TPSA) is 142 Å². The zero-order valence-electron chi connectivity index (χ0n) is 13.3. The molecule has 2 aromatic rings. The number of carbonyl (C=O) groups is 1. The maximum Gasteiger partial charge on any atom is 0.280 e. The Hall–Kier alpha value is -2.30. The molecular weight excluding hydrogens is 318 g/mol. The van der Waals surface area contributed by atoms with Gasteiger partial charge in [0, 0.05) is 12.3 Å². The van der Waals surface area contributed by atoms with E-state index in [1.54, 1.807) is 13.8 Å². The van der Waals surface area contributed by atoms with E-state index >= 15 is 0 Å². The lowest BCUT2D eigenvalue weighted by Gasteiger charge is -2.14. The van der Waals surface area contributed by atoms with Crippen LogP contribution >= 0.6 is 0 Å². The first-order valence-electron chi connectivity index (χ1n) is 7.62. The molecule has 1 fully saturated rings. The van der Waals surface area contributed by atoms with Crippen molar-refractivity contribution in [3.05, 3.63) is 16.7 Å². The van der Waals surface area contributed by atoms with Crippen molar-refractivity contribution in [1.29, 1.82) is 0 Å². The number of ether oxygens (including phenoxy) is 1. The minimum Gasteiger partial charge on any atom is -0.394 e. The number of rotatable bonds is 4. The van der Waals surface area contributed by atoms with E-state index in [1.807, 2.05) is 0 Å². The van der Waals surface area contributed by atoms with Crippen LogP contribution in [0.15, 0.2) is 11.1 Å². The van der Waals surface area contributed by atoms with Gasteiger partial charge in [0.05, 0.1) is 19.0 Å². The first kappa shape index (κ1) is 16.6. The molecular formula is C14H19N5O5. The molecule has 3 atom stereocenters. The van der Waals surface area contributed by atoms with E-state index in [1.165, 1.54) is 10.9 Å². The number of amides is 1. The van der Waals surface area contributed by atoms with E-state index in [4.69, 9.17) is 4.74 Å². The van der Waals surface area contributed by atoms with Gasteiger partial charge >= 0.3 is 0 Å². The number of fused-ring (bicyclic) bond motifs is 1. The van der Waals surface area contributed by atoms with Gasteiger partial charge in [0.2, 0.25) is 11.9 Å². The summed E-state index contributed by atoms with van der Waals surface area (Å²) in [6, 6.07) is 0. The van der Waals surface area contributed by atoms with E-state index in [2.05, 4.69) is 20.3 Å². The summed E-state index contributed by atoms with van der Waals surface area (Å²) in [5.74, 6) is -0.531. The SMILES string of the molecule is CC(C)C(=O)Nc1nc2c(ncn2C2C[C@@H](O)[C@@H](CO)O2)c(=O)[nH]1. The third kappa shape index (κ3) is 2.90. The predicted octanol–water partition coefficient (Wildman–Crippen LogP) is -0.645. The summed E-state index contributed by atoms with van der Waals surface area (Å²) in [7, 11) is 0. The second-order valence-electron chi connectivity index (χ2n) is 6.00. The Bertz CT molecular complexity index is 813. The molecule has 0 spiro atoms. The monoisotopic (exact) mass is 337 g/mol. The Morgan fingerprint density at radius 1 is 1.58 bits per heavy atom. The van der Waals surface area contributed by atoms with E-state index in [-0.39, 0.29) is 42.0 Å². The summed E-state index contributed by atoms with van der Waals surface area (Å²) < 4.78 is 7.07. The number of anilines is 1. The van der Waals surface area contributed by atoms with Crippen LogP contribution in [0.25, 0.3) is 11.2 Å². The Labute approximate surface area is 136 Å². The second kappa shape index (κ2) is 6.30. The van der Waals surface area contributed by atoms with Crippen LogP contribution in [-0.2, 0) is 9.53 Å². The van der Waals surface area contributed by atoms with Crippen molar-refractivity contribution in [1.82, 2.24) is 19.5 Å². The van der Waals surface area contributed by atoms with Crippen LogP contribution in [0.5, 0.6) is 0 Å². The van der Waals surface area contributed by atoms with E-state index in [0.29, 0.717) is 0 Å². The molecule has 0 saturated carbocycles. The minimum absolute atomic E-state index is 0.0187. The Morgan fingerprint density at radius 2 is 2.33 bits per heavy atom. The highest BCUT2D eigenvalue weighted by molar-refractivity contribution is 5.91. The van der Waals surface area contributed by atoms with E-state index < -0.39 is 24.0 Å². The van der Waals surface area contributed by atoms with Crippen LogP contribution in [0.3, 0.4) is 0 Å². The van der Waals surface area contributed by atoms with Gasteiger partial charge in [0.25, 0.3) is 5.56 Å². The van der Waals surface area contributed by atoms with Gasteiger partial charge in [-0.25, -0.2) is 4.98 Å². The number of aromatic amines is 1. The molecule has 0 radical (unpaired) electrons. The molecule has 0 bridgehead atoms. The fourth-order valence-electron chi connectivity index (χ4n) is 2.51. The second-order valence-corrected chi connectivity index (χ2v) is 6.00. The molecule has 0 aromatic carbocycles. The molecule has 3 rings (SSSR count). The fourth-order valence-corrected chi connectivity index (χ4v) is 2.51. The third-order valence-electron chi connectivity index (χ3n) is 3.89. The molecule has 0 aliphatic carbocycles. The van der Waals surface area contributed by atoms with E-state index in [9.17, 15) is 19.8 Å². The standard InChI is InChI=1S/C14H19N5O5/c1-6(2)12(22)17-14-16-11-10(13(23)18-14)15-5-19(11)9-3-7(21)8(4-20)24-9/h5-9,20-21H,3-4H2,1-2H3,(H2,16,17,18,22,23)/t7-,8-,9?/m1/s1. The summed E-state index contributed by atoms with van der Waals surface area (Å²) in [6.45, 7) is 3.13. The van der Waals surface area contributed by atoms with Crippen molar-refractivity contribution < 1.29 is 19.7 Å². The summed E-state index contributed by atoms with van der Waals surface area (Å²) in [6.07, 6.45) is -0.504. The first-order chi connectivity index (χ1) is 11.4. The lowest BCUT2D eigenvalue weighted by Crippen LogP contribution is -2.24. The van der Waals surface area contributed by atoms with Gasteiger partial charge in [0.15, 0.2) is 11.2 Å². The summed E-state index contributed by atoms with van der Waals surface area (Å²) >= 11 is 0. The van der Waals surface area contributed by atoms with Crippen molar-refractivity contribution in [2.45, 2.75) is 38.7 Å². The first-order valence-corrected chi connectivity index (χ1v) is 7.62. The summed E-state index contributed by atoms with van der Waals surface area (Å²) in [5.41, 5.74) is -0.160. The van der Waals surface area contributed by atoms with Crippen LogP contribution in [-0.4, -0.2) is 54.5 Å². The molecule has 2 aromatic heterocycles. The molecule has 1 aliphatic heterocycles. The van der Waals surface area contributed by atoms with Crippen LogP contribution < -0.4 is 10.9 Å². The van der Waals surface area contributed by atoms with Crippen molar-refractivity contribution in [3.63, 3.8) is 0 Å². The number of hydrogen-bond donors (Lipinski definition) is 4. The molecule has 1 unspecified atom stereocenters. The number of nitrogens with one attached hydrogen (secondary N) is 2. The highest BCUT2D eigenvalue weighted by atomic mass is 16.5. The number of aromatic nitrogens is 4. The lowest BCUT2D eigenvalue weighted by atomic mass is 10.2. The normalized spacial score (nSPS) is 24.0. The summed E-state index contributed by atoms with van der Waals surface area (Å²) in [5, 5.41) is 21.6. The van der Waals surface area contributed by atoms with E-state index in [0.717, 1.165) is 0 Å². The highest BCUT2D eigenvalue weighted by Crippen LogP contribution is 2.30. The Morgan fingerprint density at radius 3 is 2.96 bits per heavy atom. The zero-order valence-corrected chi connectivity index (χ0v) is 13.3. The molecule has 3 heterocycles. The molecule has 1 amide bonds. The van der Waals surface area contributed by atoms with Crippen LogP contribution in [0.1, 0.15) is 26.5 Å². The highest BCUT2D eigenvalue weighted by Gasteiger charge is 2.35. The number of aliphatic hydroxyl groups is 2. The van der Waals surface area contributed by atoms with Gasteiger partial charge in [-0.1, -0.05) is 13.8 Å². The minimum atomic E-state index is -0.820. The van der Waals surface area contributed by atoms with Gasteiger partial charge in [-0.2, -0.15) is 4.98 Å². The third-order valence-corrected chi connectivity index (χ3v) is 3.89. The van der Waals surface area contributed by atoms with Gasteiger partial charge in [0.1, 0.15) is 12.3 Å². The van der Waals surface area contributed by atoms with Crippen molar-refractivity contribution >= 4 is 23.0 Å². The summed E-state index contributed by atoms with van der Waals surface area (Å²) in [4.78, 5) is 34.6. The number of nitrogens with zero attached hydrogens (tertiary/aromatic N) is 3. The van der Waals surface area contributed by atoms with Crippen molar-refractivity contribution in [2.24, 2.45) is 5.92 Å². The number of aliphatic hydroxyl groups excluding tert-OH is 2. The predicted molar refractivity (Wildman–Crippen MR) is 83.2 cm³/mol. The Balaban J connectivity index is 1.97. The zero-order chi connectivity index (χ0) is 17.4. The molecule has 10 heteroatoms. The molecule has 4 N–H and O–H groups in total. The smallest absolute Gasteiger partial charge is 0.280 e. The van der Waals surface area contributed by atoms with Crippen molar-refractivity contribution in [3.8, 4) is 0 Å². The average Bonchev–Trinajstić information content (AvgIpc) is 3.10. The van der Waals surface area contributed by atoms with Gasteiger partial charge in [-0.3, -0.25) is 24.5 Å². The lowest BCUT2D eigenvalue weighted by molar-refractivity contribution is -0.118. The number of carbonyl (C=O) groups excluding carboxylic acids is 1. The van der Waals surface area contributed by atoms with Crippen molar-refractivity contribution in [2.75, 3.05) is 11.9 Å². The quantitative estimate of drug-likeness (QED) is 0.581. The molecule has 1 saturated heterocycles.